The number of carbonyl (C=O) groups is 2. The van der Waals surface area contributed by atoms with E-state index >= 15 is 0 Å². The first-order valence-corrected chi connectivity index (χ1v) is 7.35. The molecule has 2 aromatic rings. The zero-order valence-corrected chi connectivity index (χ0v) is 12.5. The molecule has 2 aliphatic rings. The first kappa shape index (κ1) is 13.9. The average molecular weight is 331 g/mol. The molecule has 6 nitrogen and oxygen atoms in total. The van der Waals surface area contributed by atoms with E-state index in [1.807, 2.05) is 12.1 Å². The van der Waals surface area contributed by atoms with Crippen molar-refractivity contribution < 1.29 is 19.1 Å². The van der Waals surface area contributed by atoms with E-state index in [0.717, 1.165) is 5.56 Å². The van der Waals surface area contributed by atoms with Crippen LogP contribution in [0.25, 0.3) is 0 Å². The summed E-state index contributed by atoms with van der Waals surface area (Å²) in [6.07, 6.45) is -1.15. The largest absolute Gasteiger partial charge is 0.413 e. The summed E-state index contributed by atoms with van der Waals surface area (Å²) in [7, 11) is 0. The third-order valence-electron chi connectivity index (χ3n) is 3.85. The van der Waals surface area contributed by atoms with Crippen molar-refractivity contribution in [3.8, 4) is 11.5 Å². The Morgan fingerprint density at radius 1 is 0.826 bits per heavy atom. The highest BCUT2D eigenvalue weighted by atomic mass is 35.5. The zero-order chi connectivity index (χ0) is 16.0. The SMILES string of the molecule is O=C1N[C@@H]([C@H]2NC(=O)Oc3ccc(Cl)cc32)c2ccccc2O1. The molecule has 2 heterocycles. The number of benzene rings is 2. The summed E-state index contributed by atoms with van der Waals surface area (Å²) in [5, 5.41) is 6.00. The summed E-state index contributed by atoms with van der Waals surface area (Å²) in [6, 6.07) is 11.2. The van der Waals surface area contributed by atoms with Crippen LogP contribution in [-0.4, -0.2) is 12.2 Å². The van der Waals surface area contributed by atoms with Gasteiger partial charge in [-0.25, -0.2) is 9.59 Å². The van der Waals surface area contributed by atoms with E-state index in [4.69, 9.17) is 21.1 Å². The van der Waals surface area contributed by atoms with Crippen LogP contribution in [0.5, 0.6) is 11.5 Å². The molecular weight excluding hydrogens is 320 g/mol. The van der Waals surface area contributed by atoms with Gasteiger partial charge < -0.3 is 20.1 Å². The Labute approximate surface area is 136 Å². The van der Waals surface area contributed by atoms with Gasteiger partial charge in [-0.15, -0.1) is 0 Å². The van der Waals surface area contributed by atoms with Gasteiger partial charge in [0, 0.05) is 16.1 Å². The summed E-state index contributed by atoms with van der Waals surface area (Å²) in [5.41, 5.74) is 1.46. The number of rotatable bonds is 1. The lowest BCUT2D eigenvalue weighted by Crippen LogP contribution is -2.47. The molecule has 0 radical (unpaired) electrons. The van der Waals surface area contributed by atoms with Crippen LogP contribution in [0.2, 0.25) is 5.02 Å². The summed E-state index contributed by atoms with van der Waals surface area (Å²) in [5.74, 6) is 0.881. The van der Waals surface area contributed by atoms with Crippen LogP contribution < -0.4 is 20.1 Å². The maximum atomic E-state index is 11.8. The van der Waals surface area contributed by atoms with Crippen molar-refractivity contribution in [3.63, 3.8) is 0 Å². The number of ether oxygens (including phenoxy) is 2. The topological polar surface area (TPSA) is 76.7 Å². The molecule has 0 aromatic heterocycles. The van der Waals surface area contributed by atoms with Crippen molar-refractivity contribution >= 4 is 23.8 Å². The third-order valence-corrected chi connectivity index (χ3v) is 4.08. The lowest BCUT2D eigenvalue weighted by Gasteiger charge is -2.35. The zero-order valence-electron chi connectivity index (χ0n) is 11.7. The average Bonchev–Trinajstić information content (AvgIpc) is 2.53. The molecule has 2 amide bonds. The molecule has 0 spiro atoms. The number of fused-ring (bicyclic) bond motifs is 2. The van der Waals surface area contributed by atoms with E-state index in [1.165, 1.54) is 0 Å². The van der Waals surface area contributed by atoms with Gasteiger partial charge in [0.05, 0.1) is 12.1 Å². The molecule has 0 saturated carbocycles. The van der Waals surface area contributed by atoms with Gasteiger partial charge in [-0.05, 0) is 24.3 Å². The second-order valence-electron chi connectivity index (χ2n) is 5.24. The van der Waals surface area contributed by atoms with Crippen molar-refractivity contribution in [1.82, 2.24) is 10.6 Å². The van der Waals surface area contributed by atoms with E-state index in [2.05, 4.69) is 10.6 Å². The van der Waals surface area contributed by atoms with Crippen LogP contribution in [0, 0.1) is 0 Å². The summed E-state index contributed by atoms with van der Waals surface area (Å²) in [6.45, 7) is 0. The van der Waals surface area contributed by atoms with Gasteiger partial charge in [0.25, 0.3) is 0 Å². The molecular formula is C16H11ClN2O4. The lowest BCUT2D eigenvalue weighted by molar-refractivity contribution is 0.168. The van der Waals surface area contributed by atoms with Gasteiger partial charge in [-0.3, -0.25) is 0 Å². The molecule has 23 heavy (non-hydrogen) atoms. The van der Waals surface area contributed by atoms with E-state index in [0.29, 0.717) is 22.1 Å². The minimum Gasteiger partial charge on any atom is -0.410 e. The molecule has 0 fully saturated rings. The van der Waals surface area contributed by atoms with E-state index in [-0.39, 0.29) is 0 Å². The minimum absolute atomic E-state index is 0.418. The number of halogens is 1. The first-order valence-electron chi connectivity index (χ1n) is 6.97. The van der Waals surface area contributed by atoms with E-state index in [1.54, 1.807) is 30.3 Å². The summed E-state index contributed by atoms with van der Waals surface area (Å²) in [4.78, 5) is 23.7. The van der Waals surface area contributed by atoms with Crippen molar-refractivity contribution in [2.24, 2.45) is 0 Å². The van der Waals surface area contributed by atoms with Gasteiger partial charge in [0.2, 0.25) is 0 Å². The van der Waals surface area contributed by atoms with Crippen LogP contribution in [0.4, 0.5) is 9.59 Å². The Bertz CT molecular complexity index is 823. The summed E-state index contributed by atoms with van der Waals surface area (Å²) < 4.78 is 10.3. The molecule has 2 aliphatic heterocycles. The second-order valence-corrected chi connectivity index (χ2v) is 5.68. The number of nitrogens with one attached hydrogen (secondary N) is 2. The minimum atomic E-state index is -0.581. The van der Waals surface area contributed by atoms with Crippen LogP contribution >= 0.6 is 11.6 Å². The lowest BCUT2D eigenvalue weighted by atomic mass is 9.91. The van der Waals surface area contributed by atoms with Crippen molar-refractivity contribution in [1.29, 1.82) is 0 Å². The van der Waals surface area contributed by atoms with Crippen LogP contribution in [0.3, 0.4) is 0 Å². The number of hydrogen-bond acceptors (Lipinski definition) is 4. The Balaban J connectivity index is 1.84. The molecule has 0 bridgehead atoms. The molecule has 0 saturated heterocycles. The van der Waals surface area contributed by atoms with Gasteiger partial charge in [-0.1, -0.05) is 29.8 Å². The Morgan fingerprint density at radius 3 is 2.17 bits per heavy atom. The fraction of sp³-hybridized carbons (Fsp3) is 0.125. The molecule has 2 N–H and O–H groups in total. The molecule has 7 heteroatoms. The number of para-hydroxylation sites is 1. The quantitative estimate of drug-likeness (QED) is 0.841. The predicted molar refractivity (Wildman–Crippen MR) is 81.7 cm³/mol. The smallest absolute Gasteiger partial charge is 0.410 e. The number of carbonyl (C=O) groups excluding carboxylic acids is 2. The fourth-order valence-electron chi connectivity index (χ4n) is 2.88. The van der Waals surface area contributed by atoms with Crippen LogP contribution in [0.1, 0.15) is 23.2 Å². The normalized spacial score (nSPS) is 22.0. The molecule has 2 atom stereocenters. The molecule has 4 rings (SSSR count). The monoisotopic (exact) mass is 330 g/mol. The van der Waals surface area contributed by atoms with Gasteiger partial charge in [0.15, 0.2) is 0 Å². The maximum absolute atomic E-state index is 11.8. The third kappa shape index (κ3) is 2.37. The van der Waals surface area contributed by atoms with E-state index in [9.17, 15) is 9.59 Å². The Hall–Kier alpha value is -2.73. The Morgan fingerprint density at radius 2 is 1.43 bits per heavy atom. The fourth-order valence-corrected chi connectivity index (χ4v) is 3.06. The number of amides is 2. The molecule has 0 unspecified atom stereocenters. The van der Waals surface area contributed by atoms with Gasteiger partial charge in [-0.2, -0.15) is 0 Å². The van der Waals surface area contributed by atoms with Crippen molar-refractivity contribution in [2.45, 2.75) is 12.1 Å². The first-order chi connectivity index (χ1) is 11.1. The molecule has 2 aromatic carbocycles. The Kier molecular flexibility index (Phi) is 3.12. The van der Waals surface area contributed by atoms with E-state index < -0.39 is 24.3 Å². The molecule has 0 aliphatic carbocycles. The number of hydrogen-bond donors (Lipinski definition) is 2. The standard InChI is InChI=1S/C16H11ClN2O4/c17-8-5-6-12-10(7-8)14(19-16(21)23-12)13-9-3-1-2-4-11(9)22-15(20)18-13/h1-7,13-14H,(H,18,20)(H,19,21)/t13-,14+/m1/s1. The highest BCUT2D eigenvalue weighted by Crippen LogP contribution is 2.42. The van der Waals surface area contributed by atoms with Crippen LogP contribution in [-0.2, 0) is 0 Å². The van der Waals surface area contributed by atoms with Gasteiger partial charge >= 0.3 is 12.2 Å². The maximum Gasteiger partial charge on any atom is 0.413 e. The highest BCUT2D eigenvalue weighted by Gasteiger charge is 2.38. The van der Waals surface area contributed by atoms with Crippen molar-refractivity contribution in [3.05, 3.63) is 58.6 Å². The van der Waals surface area contributed by atoms with Gasteiger partial charge in [0.1, 0.15) is 11.5 Å². The van der Waals surface area contributed by atoms with Crippen LogP contribution in [0.15, 0.2) is 42.5 Å². The second kappa shape index (κ2) is 5.17. The highest BCUT2D eigenvalue weighted by molar-refractivity contribution is 6.30. The summed E-state index contributed by atoms with van der Waals surface area (Å²) >= 11 is 6.07. The molecule has 116 valence electrons. The van der Waals surface area contributed by atoms with Crippen molar-refractivity contribution in [2.75, 3.05) is 0 Å². The predicted octanol–water partition coefficient (Wildman–Crippen LogP) is 3.33.